The van der Waals surface area contributed by atoms with Gasteiger partial charge in [0.2, 0.25) is 0 Å². The van der Waals surface area contributed by atoms with Gasteiger partial charge in [0, 0.05) is 38.6 Å². The third-order valence-electron chi connectivity index (χ3n) is 12.0. The van der Waals surface area contributed by atoms with Gasteiger partial charge in [0.05, 0.1) is 0 Å². The first kappa shape index (κ1) is 33.9. The van der Waals surface area contributed by atoms with E-state index in [9.17, 15) is 0 Å². The van der Waals surface area contributed by atoms with Crippen molar-refractivity contribution in [2.75, 3.05) is 0 Å². The molecule has 2 aromatic heterocycles. The number of aryl methyl sites for hydroxylation is 1. The molecule has 8 aromatic carbocycles. The van der Waals surface area contributed by atoms with Crippen LogP contribution in [0.3, 0.4) is 0 Å². The predicted molar refractivity (Wildman–Crippen MR) is 237 cm³/mol. The molecule has 11 rings (SSSR count). The SMILES string of the molecule is Cc1cc2c(c(-c3ccc4oc5ccccc5c4c3-c3c(-c4ccccc4)cccc3-c3nnnc(-c4ccccc4)c3-c3ccccc3)c1C)Cc1ccccc1-2. The maximum atomic E-state index is 6.73. The van der Waals surface area contributed by atoms with Crippen molar-refractivity contribution in [2.24, 2.45) is 0 Å². The number of benzene rings is 8. The summed E-state index contributed by atoms with van der Waals surface area (Å²) in [6.07, 6.45) is 0.868. The summed E-state index contributed by atoms with van der Waals surface area (Å²) in [5, 5.41) is 16.4. The smallest absolute Gasteiger partial charge is 0.136 e. The Hall–Kier alpha value is -7.43. The summed E-state index contributed by atoms with van der Waals surface area (Å²) in [5.74, 6) is 0. The molecule has 0 N–H and O–H groups in total. The summed E-state index contributed by atoms with van der Waals surface area (Å²) in [6.45, 7) is 4.53. The second-order valence-corrected chi connectivity index (χ2v) is 15.2. The molecule has 0 aliphatic heterocycles. The lowest BCUT2D eigenvalue weighted by atomic mass is 9.79. The second kappa shape index (κ2) is 13.6. The zero-order chi connectivity index (χ0) is 38.7. The van der Waals surface area contributed by atoms with Crippen LogP contribution in [0.5, 0.6) is 0 Å². The summed E-state index contributed by atoms with van der Waals surface area (Å²) in [5.41, 5.74) is 21.9. The fraction of sp³-hybridized carbons (Fsp3) is 0.0556. The van der Waals surface area contributed by atoms with Crippen LogP contribution in [0.15, 0.2) is 180 Å². The van der Waals surface area contributed by atoms with Gasteiger partial charge in [-0.05, 0) is 105 Å². The van der Waals surface area contributed by atoms with E-state index in [0.717, 1.165) is 84.3 Å². The highest BCUT2D eigenvalue weighted by molar-refractivity contribution is 6.20. The van der Waals surface area contributed by atoms with Gasteiger partial charge in [0.1, 0.15) is 22.6 Å². The molecule has 0 radical (unpaired) electrons. The van der Waals surface area contributed by atoms with Gasteiger partial charge in [-0.2, -0.15) is 0 Å². The minimum absolute atomic E-state index is 0.766. The predicted octanol–water partition coefficient (Wildman–Crippen LogP) is 14.0. The molecule has 0 atom stereocenters. The van der Waals surface area contributed by atoms with Gasteiger partial charge in [-0.1, -0.05) is 158 Å². The molecule has 1 aliphatic carbocycles. The van der Waals surface area contributed by atoms with E-state index in [1.54, 1.807) is 0 Å². The van der Waals surface area contributed by atoms with Crippen molar-refractivity contribution in [2.45, 2.75) is 20.3 Å². The van der Waals surface area contributed by atoms with Crippen LogP contribution in [0, 0.1) is 13.8 Å². The Bertz CT molecular complexity index is 3200. The number of furan rings is 1. The zero-order valence-corrected chi connectivity index (χ0v) is 32.2. The average Bonchev–Trinajstić information content (AvgIpc) is 3.85. The molecule has 1 aliphatic rings. The normalized spacial score (nSPS) is 11.9. The largest absolute Gasteiger partial charge is 0.456 e. The van der Waals surface area contributed by atoms with Crippen LogP contribution in [-0.4, -0.2) is 15.4 Å². The van der Waals surface area contributed by atoms with E-state index in [4.69, 9.17) is 14.6 Å². The summed E-state index contributed by atoms with van der Waals surface area (Å²) in [7, 11) is 0. The Balaban J connectivity index is 1.33. The van der Waals surface area contributed by atoms with E-state index in [-0.39, 0.29) is 0 Å². The second-order valence-electron chi connectivity index (χ2n) is 15.2. The summed E-state index contributed by atoms with van der Waals surface area (Å²) < 4.78 is 6.73. The van der Waals surface area contributed by atoms with Crippen LogP contribution in [0.25, 0.3) is 100 Å². The number of hydrogen-bond donors (Lipinski definition) is 0. The first-order valence-electron chi connectivity index (χ1n) is 19.8. The first-order valence-corrected chi connectivity index (χ1v) is 19.8. The highest BCUT2D eigenvalue weighted by Crippen LogP contribution is 2.53. The highest BCUT2D eigenvalue weighted by atomic mass is 16.3. The first-order chi connectivity index (χ1) is 28.6. The fourth-order valence-electron chi connectivity index (χ4n) is 9.24. The van der Waals surface area contributed by atoms with Crippen LogP contribution in [0.4, 0.5) is 0 Å². The molecule has 0 bridgehead atoms. The van der Waals surface area contributed by atoms with E-state index < -0.39 is 0 Å². The Labute approximate surface area is 337 Å². The topological polar surface area (TPSA) is 51.8 Å². The molecular weight excluding hydrogens is 707 g/mol. The van der Waals surface area contributed by atoms with Crippen LogP contribution in [-0.2, 0) is 6.42 Å². The number of fused-ring (bicyclic) bond motifs is 6. The lowest BCUT2D eigenvalue weighted by Crippen LogP contribution is -2.03. The van der Waals surface area contributed by atoms with Crippen molar-refractivity contribution in [1.82, 2.24) is 15.4 Å². The Morgan fingerprint density at radius 3 is 1.86 bits per heavy atom. The van der Waals surface area contributed by atoms with Gasteiger partial charge in [-0.15, -0.1) is 10.2 Å². The van der Waals surface area contributed by atoms with Gasteiger partial charge < -0.3 is 4.42 Å². The molecule has 0 amide bonds. The average molecular weight is 744 g/mol. The lowest BCUT2D eigenvalue weighted by molar-refractivity contribution is 0.669. The van der Waals surface area contributed by atoms with Crippen molar-refractivity contribution in [3.05, 3.63) is 198 Å². The van der Waals surface area contributed by atoms with Crippen molar-refractivity contribution >= 4 is 21.9 Å². The number of aromatic nitrogens is 3. The molecule has 0 saturated carbocycles. The van der Waals surface area contributed by atoms with Crippen LogP contribution < -0.4 is 0 Å². The van der Waals surface area contributed by atoms with Crippen LogP contribution in [0.1, 0.15) is 22.3 Å². The molecule has 0 spiro atoms. The van der Waals surface area contributed by atoms with Gasteiger partial charge in [-0.25, -0.2) is 0 Å². The number of nitrogens with zero attached hydrogens (tertiary/aromatic N) is 3. The quantitative estimate of drug-likeness (QED) is 0.170. The summed E-state index contributed by atoms with van der Waals surface area (Å²) >= 11 is 0. The van der Waals surface area contributed by atoms with Crippen molar-refractivity contribution < 1.29 is 4.42 Å². The van der Waals surface area contributed by atoms with Crippen molar-refractivity contribution in [3.63, 3.8) is 0 Å². The molecule has 0 saturated heterocycles. The van der Waals surface area contributed by atoms with E-state index in [2.05, 4.69) is 165 Å². The third-order valence-corrected chi connectivity index (χ3v) is 12.0. The molecule has 4 heteroatoms. The van der Waals surface area contributed by atoms with E-state index >= 15 is 0 Å². The van der Waals surface area contributed by atoms with E-state index in [1.165, 1.54) is 44.5 Å². The number of hydrogen-bond acceptors (Lipinski definition) is 4. The molecule has 2 heterocycles. The molecule has 0 fully saturated rings. The van der Waals surface area contributed by atoms with Crippen LogP contribution in [0.2, 0.25) is 0 Å². The standard InChI is InChI=1S/C54H37N3O/c1-33-31-44-39-24-13-12-23-38(39)32-45(44)48(34(33)2)42-29-30-47-51(41-25-14-15-28-46(41)58-47)52(42)50-40(35-17-6-3-7-18-35)26-16-27-43(50)54-49(36-19-8-4-9-20-36)53(55-57-56-54)37-21-10-5-11-22-37/h3-31H,32H2,1-2H3. The highest BCUT2D eigenvalue weighted by Gasteiger charge is 2.30. The third kappa shape index (κ3) is 5.33. The van der Waals surface area contributed by atoms with Crippen molar-refractivity contribution in [1.29, 1.82) is 0 Å². The zero-order valence-electron chi connectivity index (χ0n) is 32.2. The molecule has 10 aromatic rings. The molecule has 0 unspecified atom stereocenters. The maximum absolute atomic E-state index is 6.73. The minimum Gasteiger partial charge on any atom is -0.456 e. The molecule has 58 heavy (non-hydrogen) atoms. The molecule has 4 nitrogen and oxygen atoms in total. The summed E-state index contributed by atoms with van der Waals surface area (Å²) in [6, 6.07) is 62.3. The fourth-order valence-corrected chi connectivity index (χ4v) is 9.24. The molecule has 274 valence electrons. The van der Waals surface area contributed by atoms with Crippen molar-refractivity contribution in [3.8, 4) is 78.1 Å². The monoisotopic (exact) mass is 743 g/mol. The lowest BCUT2D eigenvalue weighted by Gasteiger charge is -2.24. The Morgan fingerprint density at radius 1 is 0.431 bits per heavy atom. The van der Waals surface area contributed by atoms with Gasteiger partial charge in [0.25, 0.3) is 0 Å². The minimum atomic E-state index is 0.766. The Kier molecular flexibility index (Phi) is 7.97. The molecular formula is C54H37N3O. The summed E-state index contributed by atoms with van der Waals surface area (Å²) in [4.78, 5) is 0. The van der Waals surface area contributed by atoms with E-state index in [1.807, 2.05) is 30.3 Å². The maximum Gasteiger partial charge on any atom is 0.136 e. The van der Waals surface area contributed by atoms with Crippen LogP contribution >= 0.6 is 0 Å². The Morgan fingerprint density at radius 2 is 1.07 bits per heavy atom. The van der Waals surface area contributed by atoms with E-state index in [0.29, 0.717) is 0 Å². The van der Waals surface area contributed by atoms with Gasteiger partial charge in [0.15, 0.2) is 0 Å². The van der Waals surface area contributed by atoms with Gasteiger partial charge >= 0.3 is 0 Å². The van der Waals surface area contributed by atoms with Gasteiger partial charge in [-0.3, -0.25) is 0 Å². The number of para-hydroxylation sites is 1. The number of rotatable bonds is 6.